The second-order valence-corrected chi connectivity index (χ2v) is 10.4. The van der Waals surface area contributed by atoms with Gasteiger partial charge in [-0.15, -0.1) is 0 Å². The van der Waals surface area contributed by atoms with Gasteiger partial charge >= 0.3 is 0 Å². The first-order valence-electron chi connectivity index (χ1n) is 14.0. The second-order valence-electron chi connectivity index (χ2n) is 10.4. The van der Waals surface area contributed by atoms with Crippen LogP contribution in [0.15, 0.2) is 66.9 Å². The molecule has 3 amide bonds. The lowest BCUT2D eigenvalue weighted by molar-refractivity contribution is -0.127. The largest absolute Gasteiger partial charge is 0.351 e. The van der Waals surface area contributed by atoms with Gasteiger partial charge in [0.2, 0.25) is 17.7 Å². The second kappa shape index (κ2) is 13.8. The molecule has 1 saturated carbocycles. The minimum Gasteiger partial charge on any atom is -0.351 e. The van der Waals surface area contributed by atoms with Gasteiger partial charge in [0.25, 0.3) is 0 Å². The fraction of sp³-hybridized carbons (Fsp3) is 0.375. The molecule has 3 aromatic rings. The molecule has 2 N–H and O–H groups in total. The highest BCUT2D eigenvalue weighted by atomic mass is 19.1. The molecule has 0 radical (unpaired) electrons. The predicted molar refractivity (Wildman–Crippen MR) is 154 cm³/mol. The molecule has 0 unspecified atom stereocenters. The summed E-state index contributed by atoms with van der Waals surface area (Å²) >= 11 is 0. The van der Waals surface area contributed by atoms with Crippen molar-refractivity contribution in [3.05, 3.63) is 89.4 Å². The zero-order valence-corrected chi connectivity index (χ0v) is 23.2. The topological polar surface area (TPSA) is 91.4 Å². The Hall–Kier alpha value is -4.07. The highest BCUT2D eigenvalue weighted by Crippen LogP contribution is 2.33. The van der Waals surface area contributed by atoms with Gasteiger partial charge in [0, 0.05) is 30.8 Å². The Labute approximate surface area is 235 Å². The normalized spacial score (nSPS) is 14.3. The van der Waals surface area contributed by atoms with Gasteiger partial charge in [-0.05, 0) is 80.1 Å². The van der Waals surface area contributed by atoms with Crippen LogP contribution in [-0.2, 0) is 14.4 Å². The Morgan fingerprint density at radius 2 is 1.70 bits per heavy atom. The predicted octanol–water partition coefficient (Wildman–Crippen LogP) is 6.17. The number of amides is 3. The number of hydrogen-bond acceptors (Lipinski definition) is 4. The Bertz CT molecular complexity index is 1310. The first-order chi connectivity index (χ1) is 19.3. The number of anilines is 2. The Morgan fingerprint density at radius 1 is 0.950 bits per heavy atom. The monoisotopic (exact) mass is 544 g/mol. The van der Waals surface area contributed by atoms with Crippen molar-refractivity contribution in [2.24, 2.45) is 0 Å². The third-order valence-electron chi connectivity index (χ3n) is 7.47. The molecule has 1 aliphatic rings. The van der Waals surface area contributed by atoms with Crippen molar-refractivity contribution >= 4 is 29.2 Å². The molecule has 0 aliphatic heterocycles. The first kappa shape index (κ1) is 28.9. The van der Waals surface area contributed by atoms with Crippen molar-refractivity contribution in [2.75, 3.05) is 10.2 Å². The number of nitrogens with one attached hydrogen (secondary N) is 2. The van der Waals surface area contributed by atoms with Gasteiger partial charge in [-0.2, -0.15) is 0 Å². The van der Waals surface area contributed by atoms with Gasteiger partial charge in [-0.1, -0.05) is 49.6 Å². The third kappa shape index (κ3) is 7.52. The molecular weight excluding hydrogens is 507 g/mol. The summed E-state index contributed by atoms with van der Waals surface area (Å²) in [5.74, 6) is -0.784. The standard InChI is InChI=1S/C32H37FN4O3/c1-22-10-8-13-27(23(22)2)37(30(39)16-9-15-29(38)36-28-14-6-7-21-34-28)31(24-17-19-25(33)20-18-24)32(40)35-26-11-4-3-5-12-26/h6-8,10,13-14,17-21,26,31H,3-5,9,11-12,15-16H2,1-2H3,(H,35,40)(H,34,36,38)/t31-/m1/s1. The van der Waals surface area contributed by atoms with Gasteiger partial charge in [0.05, 0.1) is 0 Å². The van der Waals surface area contributed by atoms with Crippen molar-refractivity contribution in [3.63, 3.8) is 0 Å². The van der Waals surface area contributed by atoms with Crippen molar-refractivity contribution in [1.82, 2.24) is 10.3 Å². The molecular formula is C32H37FN4O3. The molecule has 4 rings (SSSR count). The molecule has 7 nitrogen and oxygen atoms in total. The van der Waals surface area contributed by atoms with Crippen LogP contribution in [0.1, 0.15) is 74.1 Å². The molecule has 0 spiro atoms. The summed E-state index contributed by atoms with van der Waals surface area (Å²) in [7, 11) is 0. The Balaban J connectivity index is 1.61. The smallest absolute Gasteiger partial charge is 0.248 e. The van der Waals surface area contributed by atoms with Crippen LogP contribution in [0.3, 0.4) is 0 Å². The van der Waals surface area contributed by atoms with Gasteiger partial charge in [0.15, 0.2) is 0 Å². The average molecular weight is 545 g/mol. The van der Waals surface area contributed by atoms with Crippen LogP contribution in [0.5, 0.6) is 0 Å². The summed E-state index contributed by atoms with van der Waals surface area (Å²) in [6, 6.07) is 15.7. The zero-order chi connectivity index (χ0) is 28.5. The van der Waals surface area contributed by atoms with Crippen LogP contribution in [0, 0.1) is 19.7 Å². The molecule has 2 aromatic carbocycles. The molecule has 210 valence electrons. The van der Waals surface area contributed by atoms with E-state index in [0.29, 0.717) is 23.5 Å². The summed E-state index contributed by atoms with van der Waals surface area (Å²) in [6.45, 7) is 3.88. The number of aromatic nitrogens is 1. The van der Waals surface area contributed by atoms with Crippen LogP contribution < -0.4 is 15.5 Å². The van der Waals surface area contributed by atoms with E-state index in [1.807, 2.05) is 32.0 Å². The maximum absolute atomic E-state index is 14.0. The maximum atomic E-state index is 14.0. The van der Waals surface area contributed by atoms with E-state index in [9.17, 15) is 18.8 Å². The number of pyridine rings is 1. The first-order valence-corrected chi connectivity index (χ1v) is 14.0. The van der Waals surface area contributed by atoms with Crippen molar-refractivity contribution in [3.8, 4) is 0 Å². The van der Waals surface area contributed by atoms with Crippen LogP contribution >= 0.6 is 0 Å². The molecule has 40 heavy (non-hydrogen) atoms. The third-order valence-corrected chi connectivity index (χ3v) is 7.47. The molecule has 1 heterocycles. The van der Waals surface area contributed by atoms with E-state index < -0.39 is 11.9 Å². The Kier molecular flexibility index (Phi) is 10.00. The van der Waals surface area contributed by atoms with Gasteiger partial charge in [0.1, 0.15) is 17.7 Å². The number of rotatable bonds is 10. The molecule has 0 bridgehead atoms. The van der Waals surface area contributed by atoms with Crippen LogP contribution in [0.4, 0.5) is 15.9 Å². The van der Waals surface area contributed by atoms with E-state index in [2.05, 4.69) is 15.6 Å². The van der Waals surface area contributed by atoms with E-state index in [4.69, 9.17) is 0 Å². The van der Waals surface area contributed by atoms with Crippen LogP contribution in [0.25, 0.3) is 0 Å². The number of hydrogen-bond donors (Lipinski definition) is 2. The summed E-state index contributed by atoms with van der Waals surface area (Å²) < 4.78 is 13.9. The number of benzene rings is 2. The number of nitrogens with zero attached hydrogens (tertiary/aromatic N) is 2. The molecule has 1 fully saturated rings. The zero-order valence-electron chi connectivity index (χ0n) is 23.2. The number of aryl methyl sites for hydroxylation is 1. The molecule has 1 aliphatic carbocycles. The SMILES string of the molecule is Cc1cccc(N(C(=O)CCCC(=O)Nc2ccccn2)[C@@H](C(=O)NC2CCCCC2)c2ccc(F)cc2)c1C. The van der Waals surface area contributed by atoms with Crippen LogP contribution in [-0.4, -0.2) is 28.7 Å². The van der Waals surface area contributed by atoms with E-state index in [1.54, 1.807) is 36.5 Å². The lowest BCUT2D eigenvalue weighted by Gasteiger charge is -2.34. The van der Waals surface area contributed by atoms with E-state index in [0.717, 1.165) is 43.2 Å². The molecule has 8 heteroatoms. The van der Waals surface area contributed by atoms with Gasteiger partial charge in [-0.3, -0.25) is 19.3 Å². The van der Waals surface area contributed by atoms with Gasteiger partial charge in [-0.25, -0.2) is 9.37 Å². The fourth-order valence-electron chi connectivity index (χ4n) is 5.17. The van der Waals surface area contributed by atoms with E-state index in [-0.39, 0.29) is 36.6 Å². The lowest BCUT2D eigenvalue weighted by Crippen LogP contribution is -2.47. The van der Waals surface area contributed by atoms with Crippen molar-refractivity contribution in [2.45, 2.75) is 77.3 Å². The molecule has 0 saturated heterocycles. The number of carbonyl (C=O) groups excluding carboxylic acids is 3. The Morgan fingerprint density at radius 3 is 2.40 bits per heavy atom. The van der Waals surface area contributed by atoms with Crippen molar-refractivity contribution in [1.29, 1.82) is 0 Å². The highest BCUT2D eigenvalue weighted by molar-refractivity contribution is 6.02. The summed E-state index contributed by atoms with van der Waals surface area (Å²) in [5, 5.41) is 5.91. The lowest BCUT2D eigenvalue weighted by atomic mass is 9.94. The maximum Gasteiger partial charge on any atom is 0.248 e. The summed E-state index contributed by atoms with van der Waals surface area (Å²) in [5.41, 5.74) is 3.00. The van der Waals surface area contributed by atoms with E-state index in [1.165, 1.54) is 17.0 Å². The average Bonchev–Trinajstić information content (AvgIpc) is 2.95. The highest BCUT2D eigenvalue weighted by Gasteiger charge is 2.34. The fourth-order valence-corrected chi connectivity index (χ4v) is 5.17. The minimum atomic E-state index is -0.988. The molecule has 1 atom stereocenters. The summed E-state index contributed by atoms with van der Waals surface area (Å²) in [4.78, 5) is 46.0. The summed E-state index contributed by atoms with van der Waals surface area (Å²) in [6.07, 6.45) is 7.09. The van der Waals surface area contributed by atoms with Crippen LogP contribution in [0.2, 0.25) is 0 Å². The quantitative estimate of drug-likeness (QED) is 0.319. The number of halogens is 1. The molecule has 1 aromatic heterocycles. The van der Waals surface area contributed by atoms with Gasteiger partial charge < -0.3 is 10.6 Å². The van der Waals surface area contributed by atoms with Crippen molar-refractivity contribution < 1.29 is 18.8 Å². The number of carbonyl (C=O) groups is 3. The van der Waals surface area contributed by atoms with E-state index >= 15 is 0 Å². The minimum absolute atomic E-state index is 0.0371.